The summed E-state index contributed by atoms with van der Waals surface area (Å²) in [5.41, 5.74) is 7.98. The van der Waals surface area contributed by atoms with Gasteiger partial charge in [0, 0.05) is 41.0 Å². The molecule has 1 saturated carbocycles. The van der Waals surface area contributed by atoms with Crippen LogP contribution in [0, 0.1) is 12.8 Å². The lowest BCUT2D eigenvalue weighted by molar-refractivity contribution is 0.0948. The van der Waals surface area contributed by atoms with Crippen LogP contribution in [0.25, 0.3) is 10.9 Å². The lowest BCUT2D eigenvalue weighted by Crippen LogP contribution is -2.29. The third-order valence-corrected chi connectivity index (χ3v) is 8.72. The molecule has 3 atom stereocenters. The standard InChI is InChI=1S/C27H27N5O4S/c1-15-11-22(15)31-27(34)20-12-23(30-25(17(20)3)26(28)33)16(2)21-13-29-14-24-19(21)9-10-32(24)37(35,36)18-7-5-4-6-8-18/h4-10,12-16,22H,11H2,1-3H3,(H2,28,33)(H,31,34)/t15-,16?,22-/m0/s1. The van der Waals surface area contributed by atoms with Crippen LogP contribution in [0.4, 0.5) is 0 Å². The number of rotatable bonds is 7. The first-order valence-electron chi connectivity index (χ1n) is 12.0. The van der Waals surface area contributed by atoms with Crippen LogP contribution in [-0.2, 0) is 10.0 Å². The molecule has 3 N–H and O–H groups in total. The normalized spacial score (nSPS) is 17.9. The summed E-state index contributed by atoms with van der Waals surface area (Å²) in [6.45, 7) is 5.58. The number of pyridine rings is 2. The van der Waals surface area contributed by atoms with Crippen molar-refractivity contribution in [2.45, 2.75) is 44.0 Å². The predicted octanol–water partition coefficient (Wildman–Crippen LogP) is 3.37. The first-order chi connectivity index (χ1) is 17.6. The van der Waals surface area contributed by atoms with Gasteiger partial charge in [0.25, 0.3) is 21.8 Å². The monoisotopic (exact) mass is 517 g/mol. The van der Waals surface area contributed by atoms with Crippen LogP contribution < -0.4 is 11.1 Å². The zero-order valence-corrected chi connectivity index (χ0v) is 21.5. The van der Waals surface area contributed by atoms with Gasteiger partial charge in [-0.3, -0.25) is 14.6 Å². The Bertz CT molecular complexity index is 1650. The van der Waals surface area contributed by atoms with E-state index in [0.29, 0.717) is 39.2 Å². The van der Waals surface area contributed by atoms with Gasteiger partial charge in [-0.2, -0.15) is 0 Å². The van der Waals surface area contributed by atoms with Gasteiger partial charge in [-0.1, -0.05) is 32.0 Å². The van der Waals surface area contributed by atoms with Gasteiger partial charge in [0.15, 0.2) is 0 Å². The van der Waals surface area contributed by atoms with Crippen LogP contribution in [0.2, 0.25) is 0 Å². The zero-order chi connectivity index (χ0) is 26.5. The molecule has 10 heteroatoms. The number of carbonyl (C=O) groups excluding carboxylic acids is 2. The van der Waals surface area contributed by atoms with Gasteiger partial charge in [-0.25, -0.2) is 17.4 Å². The highest BCUT2D eigenvalue weighted by atomic mass is 32.2. The lowest BCUT2D eigenvalue weighted by atomic mass is 9.93. The fraction of sp³-hybridized carbons (Fsp3) is 0.259. The molecule has 190 valence electrons. The fourth-order valence-electron chi connectivity index (χ4n) is 4.57. The number of nitrogens with one attached hydrogen (secondary N) is 1. The number of amides is 2. The van der Waals surface area contributed by atoms with Crippen molar-refractivity contribution in [1.29, 1.82) is 0 Å². The Morgan fingerprint density at radius 2 is 1.86 bits per heavy atom. The second kappa shape index (κ2) is 9.11. The molecule has 1 aromatic carbocycles. The number of benzene rings is 1. The van der Waals surface area contributed by atoms with Gasteiger partial charge in [-0.15, -0.1) is 0 Å². The summed E-state index contributed by atoms with van der Waals surface area (Å²) < 4.78 is 27.8. The van der Waals surface area contributed by atoms with E-state index in [9.17, 15) is 18.0 Å². The number of hydrogen-bond donors (Lipinski definition) is 2. The number of carbonyl (C=O) groups is 2. The highest BCUT2D eigenvalue weighted by Crippen LogP contribution is 2.33. The number of hydrogen-bond acceptors (Lipinski definition) is 6. The topological polar surface area (TPSA) is 137 Å². The molecule has 1 aliphatic carbocycles. The molecular weight excluding hydrogens is 490 g/mol. The number of nitrogens with two attached hydrogens (primary N) is 1. The molecule has 4 aromatic rings. The first-order valence-corrected chi connectivity index (χ1v) is 13.4. The van der Waals surface area contributed by atoms with E-state index in [-0.39, 0.29) is 22.5 Å². The van der Waals surface area contributed by atoms with Gasteiger partial charge in [-0.05, 0) is 54.7 Å². The summed E-state index contributed by atoms with van der Waals surface area (Å²) in [7, 11) is -3.83. The maximum Gasteiger partial charge on any atom is 0.268 e. The first kappa shape index (κ1) is 24.6. The summed E-state index contributed by atoms with van der Waals surface area (Å²) in [4.78, 5) is 34.2. The fourth-order valence-corrected chi connectivity index (χ4v) is 5.92. The summed E-state index contributed by atoms with van der Waals surface area (Å²) in [5.74, 6) is -1.00. The summed E-state index contributed by atoms with van der Waals surface area (Å²) in [6, 6.07) is 11.7. The Kier molecular flexibility index (Phi) is 6.07. The van der Waals surface area contributed by atoms with E-state index in [4.69, 9.17) is 5.73 Å². The minimum Gasteiger partial charge on any atom is -0.364 e. The van der Waals surface area contributed by atoms with Crippen LogP contribution in [0.5, 0.6) is 0 Å². The van der Waals surface area contributed by atoms with Crippen LogP contribution in [0.3, 0.4) is 0 Å². The molecule has 1 unspecified atom stereocenters. The van der Waals surface area contributed by atoms with Crippen molar-refractivity contribution >= 4 is 32.7 Å². The smallest absolute Gasteiger partial charge is 0.268 e. The van der Waals surface area contributed by atoms with Crippen LogP contribution in [-0.4, -0.2) is 40.2 Å². The van der Waals surface area contributed by atoms with E-state index in [1.54, 1.807) is 43.5 Å². The van der Waals surface area contributed by atoms with E-state index in [1.807, 2.05) is 6.92 Å². The van der Waals surface area contributed by atoms with Crippen LogP contribution in [0.15, 0.2) is 66.0 Å². The molecule has 37 heavy (non-hydrogen) atoms. The summed E-state index contributed by atoms with van der Waals surface area (Å²) >= 11 is 0. The quantitative estimate of drug-likeness (QED) is 0.386. The van der Waals surface area contributed by atoms with E-state index < -0.39 is 21.8 Å². The van der Waals surface area contributed by atoms with Crippen molar-refractivity contribution in [3.05, 3.63) is 89.1 Å². The molecule has 0 spiro atoms. The Hall–Kier alpha value is -4.05. The van der Waals surface area contributed by atoms with Crippen molar-refractivity contribution in [2.75, 3.05) is 0 Å². The van der Waals surface area contributed by atoms with Gasteiger partial charge < -0.3 is 11.1 Å². The van der Waals surface area contributed by atoms with Crippen LogP contribution >= 0.6 is 0 Å². The molecule has 9 nitrogen and oxygen atoms in total. The minimum atomic E-state index is -3.83. The lowest BCUT2D eigenvalue weighted by Gasteiger charge is -2.17. The third-order valence-electron chi connectivity index (χ3n) is 7.02. The Morgan fingerprint density at radius 1 is 1.16 bits per heavy atom. The van der Waals surface area contributed by atoms with Gasteiger partial charge >= 0.3 is 0 Å². The minimum absolute atomic E-state index is 0.0303. The molecule has 5 rings (SSSR count). The molecule has 0 radical (unpaired) electrons. The number of fused-ring (bicyclic) bond motifs is 1. The van der Waals surface area contributed by atoms with Gasteiger partial charge in [0.05, 0.1) is 16.6 Å². The van der Waals surface area contributed by atoms with Gasteiger partial charge in [0.1, 0.15) is 5.69 Å². The highest BCUT2D eigenvalue weighted by molar-refractivity contribution is 7.90. The summed E-state index contributed by atoms with van der Waals surface area (Å²) in [6.07, 6.45) is 5.55. The van der Waals surface area contributed by atoms with Crippen LogP contribution in [0.1, 0.15) is 63.9 Å². The molecule has 3 aromatic heterocycles. The number of aromatic nitrogens is 3. The SMILES string of the molecule is Cc1c(C(=O)N[C@H]2C[C@@H]2C)cc(C(C)c2cncc3c2ccn3S(=O)(=O)c2ccccc2)nc1C(N)=O. The van der Waals surface area contributed by atoms with E-state index in [2.05, 4.69) is 22.2 Å². The maximum absolute atomic E-state index is 13.3. The molecule has 1 aliphatic rings. The van der Waals surface area contributed by atoms with Crippen molar-refractivity contribution in [2.24, 2.45) is 11.7 Å². The van der Waals surface area contributed by atoms with Gasteiger partial charge in [0.2, 0.25) is 0 Å². The Labute approximate surface area is 214 Å². The summed E-state index contributed by atoms with van der Waals surface area (Å²) in [5, 5.41) is 3.67. The van der Waals surface area contributed by atoms with E-state index >= 15 is 0 Å². The molecule has 0 saturated heterocycles. The van der Waals surface area contributed by atoms with E-state index in [0.717, 1.165) is 6.42 Å². The molecule has 1 fully saturated rings. The second-order valence-corrected chi connectivity index (χ2v) is 11.4. The predicted molar refractivity (Wildman–Crippen MR) is 139 cm³/mol. The maximum atomic E-state index is 13.3. The third kappa shape index (κ3) is 4.37. The molecule has 0 bridgehead atoms. The second-order valence-electron chi connectivity index (χ2n) is 9.54. The molecule has 0 aliphatic heterocycles. The molecular formula is C27H27N5O4S. The average Bonchev–Trinajstić information content (AvgIpc) is 3.38. The Balaban J connectivity index is 1.59. The average molecular weight is 518 g/mol. The van der Waals surface area contributed by atoms with Crippen molar-refractivity contribution in [1.82, 2.24) is 19.3 Å². The molecule has 2 amide bonds. The van der Waals surface area contributed by atoms with E-state index in [1.165, 1.54) is 28.5 Å². The molecule has 3 heterocycles. The van der Waals surface area contributed by atoms with Crippen molar-refractivity contribution < 1.29 is 18.0 Å². The van der Waals surface area contributed by atoms with Crippen molar-refractivity contribution in [3.63, 3.8) is 0 Å². The van der Waals surface area contributed by atoms with Crippen molar-refractivity contribution in [3.8, 4) is 0 Å². The zero-order valence-electron chi connectivity index (χ0n) is 20.7. The number of nitrogens with zero attached hydrogens (tertiary/aromatic N) is 3. The largest absolute Gasteiger partial charge is 0.364 e. The Morgan fingerprint density at radius 3 is 2.51 bits per heavy atom. The number of primary amides is 1. The highest BCUT2D eigenvalue weighted by Gasteiger charge is 2.35.